The quantitative estimate of drug-likeness (QED) is 0.844. The fourth-order valence-electron chi connectivity index (χ4n) is 1.53. The Morgan fingerprint density at radius 3 is 2.53 bits per heavy atom. The van der Waals surface area contributed by atoms with Gasteiger partial charge in [0.2, 0.25) is 0 Å². The molecule has 1 aromatic carbocycles. The molecule has 1 heterocycles. The lowest BCUT2D eigenvalue weighted by atomic mass is 10.2. The summed E-state index contributed by atoms with van der Waals surface area (Å²) in [5.74, 6) is -0.00887. The van der Waals surface area contributed by atoms with Crippen molar-refractivity contribution in [1.82, 2.24) is 4.98 Å². The van der Waals surface area contributed by atoms with Gasteiger partial charge in [0.15, 0.2) is 0 Å². The molecule has 19 heavy (non-hydrogen) atoms. The van der Waals surface area contributed by atoms with Crippen LogP contribution in [-0.2, 0) is 17.0 Å². The summed E-state index contributed by atoms with van der Waals surface area (Å²) in [5, 5.41) is 8.69. The Kier molecular flexibility index (Phi) is 4.99. The van der Waals surface area contributed by atoms with Gasteiger partial charge in [-0.1, -0.05) is 12.1 Å². The van der Waals surface area contributed by atoms with Gasteiger partial charge < -0.3 is 5.11 Å². The summed E-state index contributed by atoms with van der Waals surface area (Å²) in [4.78, 5) is 16.0. The van der Waals surface area contributed by atoms with Crippen molar-refractivity contribution in [1.29, 1.82) is 0 Å². The molecule has 0 aliphatic heterocycles. The van der Waals surface area contributed by atoms with Crippen molar-refractivity contribution in [3.05, 3.63) is 58.3 Å². The second-order valence-electron chi connectivity index (χ2n) is 3.97. The maximum absolute atomic E-state index is 10.6. The van der Waals surface area contributed by atoms with E-state index in [0.29, 0.717) is 0 Å². The molecule has 0 aliphatic carbocycles. The Balaban J connectivity index is 1.92. The van der Waals surface area contributed by atoms with Crippen molar-refractivity contribution in [2.24, 2.45) is 0 Å². The van der Waals surface area contributed by atoms with Crippen molar-refractivity contribution in [2.75, 3.05) is 0 Å². The van der Waals surface area contributed by atoms with E-state index in [9.17, 15) is 4.79 Å². The Morgan fingerprint density at radius 2 is 1.95 bits per heavy atom. The molecule has 0 radical (unpaired) electrons. The van der Waals surface area contributed by atoms with Gasteiger partial charge in [-0.25, -0.2) is 0 Å². The third kappa shape index (κ3) is 4.69. The molecule has 0 bridgehead atoms. The van der Waals surface area contributed by atoms with Gasteiger partial charge in [-0.05, 0) is 45.8 Å². The highest BCUT2D eigenvalue weighted by molar-refractivity contribution is 9.10. The van der Waals surface area contributed by atoms with E-state index >= 15 is 0 Å². The molecule has 0 unspecified atom stereocenters. The van der Waals surface area contributed by atoms with E-state index in [2.05, 4.69) is 20.9 Å². The number of rotatable bonds is 5. The summed E-state index contributed by atoms with van der Waals surface area (Å²) in [6.45, 7) is 0. The van der Waals surface area contributed by atoms with E-state index in [0.717, 1.165) is 26.4 Å². The predicted molar refractivity (Wildman–Crippen MR) is 79.3 cm³/mol. The number of benzene rings is 1. The number of carboxylic acids is 1. The van der Waals surface area contributed by atoms with Crippen LogP contribution in [0.1, 0.15) is 11.3 Å². The fraction of sp³-hybridized carbons (Fsp3) is 0.143. The summed E-state index contributed by atoms with van der Waals surface area (Å²) in [6, 6.07) is 11.6. The topological polar surface area (TPSA) is 50.2 Å². The van der Waals surface area contributed by atoms with Gasteiger partial charge in [-0.3, -0.25) is 9.78 Å². The van der Waals surface area contributed by atoms with Gasteiger partial charge >= 0.3 is 5.97 Å². The minimum atomic E-state index is -0.806. The van der Waals surface area contributed by atoms with Crippen LogP contribution >= 0.6 is 27.7 Å². The van der Waals surface area contributed by atoms with Gasteiger partial charge in [-0.2, -0.15) is 0 Å². The van der Waals surface area contributed by atoms with E-state index in [1.54, 1.807) is 18.0 Å². The van der Waals surface area contributed by atoms with Crippen LogP contribution in [0.3, 0.4) is 0 Å². The molecule has 2 rings (SSSR count). The number of hydrogen-bond acceptors (Lipinski definition) is 3. The molecule has 0 aliphatic rings. The third-order valence-corrected chi connectivity index (χ3v) is 3.97. The number of thioether (sulfide) groups is 1. The molecular weight excluding hydrogens is 326 g/mol. The van der Waals surface area contributed by atoms with Crippen LogP contribution in [0.25, 0.3) is 0 Å². The molecule has 3 nitrogen and oxygen atoms in total. The average molecular weight is 338 g/mol. The van der Waals surface area contributed by atoms with Crippen LogP contribution in [-0.4, -0.2) is 16.1 Å². The van der Waals surface area contributed by atoms with Crippen molar-refractivity contribution < 1.29 is 9.90 Å². The lowest BCUT2D eigenvalue weighted by Gasteiger charge is -2.03. The number of aromatic nitrogens is 1. The van der Waals surface area contributed by atoms with Gasteiger partial charge in [0.1, 0.15) is 0 Å². The van der Waals surface area contributed by atoms with Crippen LogP contribution in [0.4, 0.5) is 0 Å². The molecule has 1 N–H and O–H groups in total. The zero-order chi connectivity index (χ0) is 13.7. The number of halogens is 1. The van der Waals surface area contributed by atoms with Crippen LogP contribution in [0.15, 0.2) is 52.0 Å². The number of nitrogens with zero attached hydrogens (tertiary/aromatic N) is 1. The van der Waals surface area contributed by atoms with Crippen molar-refractivity contribution in [2.45, 2.75) is 17.1 Å². The normalized spacial score (nSPS) is 10.4. The minimum Gasteiger partial charge on any atom is -0.481 e. The maximum Gasteiger partial charge on any atom is 0.307 e. The lowest BCUT2D eigenvalue weighted by molar-refractivity contribution is -0.136. The molecule has 0 spiro atoms. The summed E-state index contributed by atoms with van der Waals surface area (Å²) < 4.78 is 0.972. The average Bonchev–Trinajstić information content (AvgIpc) is 2.39. The van der Waals surface area contributed by atoms with Crippen molar-refractivity contribution in [3.63, 3.8) is 0 Å². The minimum absolute atomic E-state index is 0.0687. The lowest BCUT2D eigenvalue weighted by Crippen LogP contribution is -1.99. The second-order valence-corrected chi connectivity index (χ2v) is 5.94. The largest absolute Gasteiger partial charge is 0.481 e. The third-order valence-electron chi connectivity index (χ3n) is 2.45. The number of carbonyl (C=O) groups is 1. The Hall–Kier alpha value is -1.33. The summed E-state index contributed by atoms with van der Waals surface area (Å²) in [5.41, 5.74) is 1.83. The highest BCUT2D eigenvalue weighted by atomic mass is 79.9. The standard InChI is InChI=1S/C14H12BrNO2S/c15-11-3-4-12(16-8-11)9-19-13-5-1-10(2-6-13)7-14(17)18/h1-6,8H,7,9H2,(H,17,18). The van der Waals surface area contributed by atoms with Crippen LogP contribution < -0.4 is 0 Å². The zero-order valence-corrected chi connectivity index (χ0v) is 12.4. The van der Waals surface area contributed by atoms with Gasteiger partial charge in [0, 0.05) is 21.3 Å². The van der Waals surface area contributed by atoms with Crippen molar-refractivity contribution >= 4 is 33.7 Å². The van der Waals surface area contributed by atoms with Crippen molar-refractivity contribution in [3.8, 4) is 0 Å². The van der Waals surface area contributed by atoms with E-state index in [1.165, 1.54) is 0 Å². The van der Waals surface area contributed by atoms with E-state index in [4.69, 9.17) is 5.11 Å². The zero-order valence-electron chi connectivity index (χ0n) is 10.0. The highest BCUT2D eigenvalue weighted by Gasteiger charge is 2.01. The fourth-order valence-corrected chi connectivity index (χ4v) is 2.58. The molecule has 98 valence electrons. The molecule has 0 saturated heterocycles. The van der Waals surface area contributed by atoms with Gasteiger partial charge in [-0.15, -0.1) is 11.8 Å². The molecule has 2 aromatic rings. The molecule has 5 heteroatoms. The summed E-state index contributed by atoms with van der Waals surface area (Å²) in [7, 11) is 0. The Bertz CT molecular complexity index is 555. The molecule has 0 amide bonds. The predicted octanol–water partition coefficient (Wildman–Crippen LogP) is 3.76. The summed E-state index contributed by atoms with van der Waals surface area (Å²) in [6.07, 6.45) is 1.85. The van der Waals surface area contributed by atoms with E-state index in [-0.39, 0.29) is 6.42 Å². The van der Waals surface area contributed by atoms with Crippen LogP contribution in [0.5, 0.6) is 0 Å². The molecule has 0 fully saturated rings. The van der Waals surface area contributed by atoms with Gasteiger partial charge in [0.25, 0.3) is 0 Å². The monoisotopic (exact) mass is 337 g/mol. The molecule has 0 saturated carbocycles. The smallest absolute Gasteiger partial charge is 0.307 e. The first-order valence-corrected chi connectivity index (χ1v) is 7.45. The second kappa shape index (κ2) is 6.73. The number of pyridine rings is 1. The number of aliphatic carboxylic acids is 1. The Labute approximate surface area is 124 Å². The maximum atomic E-state index is 10.6. The molecule has 0 atom stereocenters. The number of carboxylic acid groups (broad SMARTS) is 1. The molecular formula is C14H12BrNO2S. The van der Waals surface area contributed by atoms with E-state index in [1.807, 2.05) is 36.4 Å². The van der Waals surface area contributed by atoms with Crippen LogP contribution in [0, 0.1) is 0 Å². The van der Waals surface area contributed by atoms with Crippen LogP contribution in [0.2, 0.25) is 0 Å². The first-order chi connectivity index (χ1) is 9.13. The molecule has 1 aromatic heterocycles. The van der Waals surface area contributed by atoms with Gasteiger partial charge in [0.05, 0.1) is 12.1 Å². The Morgan fingerprint density at radius 1 is 1.21 bits per heavy atom. The first-order valence-electron chi connectivity index (χ1n) is 5.67. The first kappa shape index (κ1) is 14.1. The van der Waals surface area contributed by atoms with E-state index < -0.39 is 5.97 Å². The highest BCUT2D eigenvalue weighted by Crippen LogP contribution is 2.22. The SMILES string of the molecule is O=C(O)Cc1ccc(SCc2ccc(Br)cn2)cc1. The summed E-state index contributed by atoms with van der Waals surface area (Å²) >= 11 is 5.03. The number of hydrogen-bond donors (Lipinski definition) is 1.